The van der Waals surface area contributed by atoms with Gasteiger partial charge >= 0.3 is 6.18 Å². The lowest BCUT2D eigenvalue weighted by Gasteiger charge is -2.37. The Morgan fingerprint density at radius 2 is 1.93 bits per heavy atom. The summed E-state index contributed by atoms with van der Waals surface area (Å²) in [5.74, 6) is -1.11. The van der Waals surface area contributed by atoms with Crippen LogP contribution in [0.25, 0.3) is 0 Å². The Morgan fingerprint density at radius 1 is 1.43 bits per heavy atom. The number of nitrogens with one attached hydrogen (secondary N) is 1. The van der Waals surface area contributed by atoms with Crippen LogP contribution in [-0.4, -0.2) is 29.0 Å². The summed E-state index contributed by atoms with van der Waals surface area (Å²) in [6.45, 7) is 4.96. The van der Waals surface area contributed by atoms with Gasteiger partial charge in [-0.05, 0) is 27.2 Å². The third-order valence-corrected chi connectivity index (χ3v) is 2.99. The predicted octanol–water partition coefficient (Wildman–Crippen LogP) is 2.65. The van der Waals surface area contributed by atoms with Crippen LogP contribution in [0.15, 0.2) is 0 Å². The van der Waals surface area contributed by atoms with Crippen LogP contribution in [-0.2, 0) is 0 Å². The number of amidine groups is 1. The van der Waals surface area contributed by atoms with E-state index >= 15 is 0 Å². The number of alkyl halides is 3. The number of likely N-dealkylation sites (tertiary alicyclic amines) is 1. The summed E-state index contributed by atoms with van der Waals surface area (Å²) < 4.78 is 37.8. The van der Waals surface area contributed by atoms with Crippen molar-refractivity contribution >= 4 is 5.84 Å². The molecule has 0 saturated carbocycles. The van der Waals surface area contributed by atoms with Gasteiger partial charge in [0.15, 0.2) is 0 Å². The molecule has 1 rings (SSSR count). The molecule has 1 N–H and O–H groups in total. The maximum atomic E-state index is 12.6. The Bertz CT molecular complexity index is 245. The van der Waals surface area contributed by atoms with Gasteiger partial charge in [0.05, 0.1) is 11.8 Å². The summed E-state index contributed by atoms with van der Waals surface area (Å²) in [4.78, 5) is 1.52. The SMILES string of the molecule is CC(=N)N1CCC(C(F)(F)F)C1(C)C. The van der Waals surface area contributed by atoms with Crippen LogP contribution in [0.1, 0.15) is 27.2 Å². The zero-order valence-electron chi connectivity index (χ0n) is 8.57. The van der Waals surface area contributed by atoms with Crippen LogP contribution >= 0.6 is 0 Å². The normalized spacial score (nSPS) is 26.7. The van der Waals surface area contributed by atoms with E-state index in [2.05, 4.69) is 0 Å². The molecule has 14 heavy (non-hydrogen) atoms. The summed E-state index contributed by atoms with van der Waals surface area (Å²) in [5.41, 5.74) is -0.982. The van der Waals surface area contributed by atoms with Crippen molar-refractivity contribution in [3.63, 3.8) is 0 Å². The first-order chi connectivity index (χ1) is 6.17. The van der Waals surface area contributed by atoms with Crippen molar-refractivity contribution in [2.75, 3.05) is 6.54 Å². The summed E-state index contributed by atoms with van der Waals surface area (Å²) >= 11 is 0. The fraction of sp³-hybridized carbons (Fsp3) is 0.889. The number of hydrogen-bond acceptors (Lipinski definition) is 1. The lowest BCUT2D eigenvalue weighted by atomic mass is 9.88. The van der Waals surface area contributed by atoms with Crippen LogP contribution in [0.3, 0.4) is 0 Å². The molecule has 0 spiro atoms. The van der Waals surface area contributed by atoms with Gasteiger partial charge < -0.3 is 4.90 Å². The molecule has 0 aromatic carbocycles. The van der Waals surface area contributed by atoms with E-state index in [9.17, 15) is 13.2 Å². The van der Waals surface area contributed by atoms with Crippen molar-refractivity contribution in [3.05, 3.63) is 0 Å². The molecule has 0 aliphatic carbocycles. The molecule has 1 aliphatic rings. The fourth-order valence-corrected chi connectivity index (χ4v) is 2.25. The molecule has 1 heterocycles. The molecule has 2 nitrogen and oxygen atoms in total. The number of hydrogen-bond donors (Lipinski definition) is 1. The molecule has 82 valence electrons. The van der Waals surface area contributed by atoms with Gasteiger partial charge in [0, 0.05) is 12.1 Å². The highest BCUT2D eigenvalue weighted by Gasteiger charge is 2.55. The minimum Gasteiger partial charge on any atom is -0.355 e. The van der Waals surface area contributed by atoms with Gasteiger partial charge in [0.2, 0.25) is 0 Å². The van der Waals surface area contributed by atoms with Crippen molar-refractivity contribution in [3.8, 4) is 0 Å². The van der Waals surface area contributed by atoms with Gasteiger partial charge in [-0.3, -0.25) is 5.41 Å². The van der Waals surface area contributed by atoms with Crippen molar-refractivity contribution in [2.24, 2.45) is 5.92 Å². The van der Waals surface area contributed by atoms with E-state index in [4.69, 9.17) is 5.41 Å². The summed E-state index contributed by atoms with van der Waals surface area (Å²) in [6, 6.07) is 0. The average molecular weight is 208 g/mol. The molecule has 1 fully saturated rings. The number of nitrogens with zero attached hydrogens (tertiary/aromatic N) is 1. The van der Waals surface area contributed by atoms with Crippen LogP contribution in [0.4, 0.5) is 13.2 Å². The van der Waals surface area contributed by atoms with Crippen LogP contribution in [0.5, 0.6) is 0 Å². The van der Waals surface area contributed by atoms with Crippen molar-refractivity contribution < 1.29 is 13.2 Å². The molecule has 1 aliphatic heterocycles. The van der Waals surface area contributed by atoms with Gasteiger partial charge in [0.1, 0.15) is 0 Å². The van der Waals surface area contributed by atoms with Crippen LogP contribution in [0, 0.1) is 11.3 Å². The topological polar surface area (TPSA) is 27.1 Å². The van der Waals surface area contributed by atoms with Gasteiger partial charge in [-0.25, -0.2) is 0 Å². The Hall–Kier alpha value is -0.740. The first-order valence-corrected chi connectivity index (χ1v) is 4.57. The molecule has 0 aromatic rings. The highest BCUT2D eigenvalue weighted by atomic mass is 19.4. The third kappa shape index (κ3) is 1.72. The van der Waals surface area contributed by atoms with Crippen molar-refractivity contribution in [1.82, 2.24) is 4.90 Å². The van der Waals surface area contributed by atoms with E-state index in [-0.39, 0.29) is 12.3 Å². The van der Waals surface area contributed by atoms with Crippen LogP contribution in [0.2, 0.25) is 0 Å². The number of rotatable bonds is 0. The van der Waals surface area contributed by atoms with Gasteiger partial charge in [-0.1, -0.05) is 0 Å². The molecule has 0 aromatic heterocycles. The molecule has 1 unspecified atom stereocenters. The largest absolute Gasteiger partial charge is 0.394 e. The lowest BCUT2D eigenvalue weighted by molar-refractivity contribution is -0.188. The molecule has 5 heteroatoms. The highest BCUT2D eigenvalue weighted by molar-refractivity contribution is 5.77. The van der Waals surface area contributed by atoms with Gasteiger partial charge in [0.25, 0.3) is 0 Å². The van der Waals surface area contributed by atoms with E-state index in [1.165, 1.54) is 11.8 Å². The Kier molecular flexibility index (Phi) is 2.54. The van der Waals surface area contributed by atoms with Crippen molar-refractivity contribution in [2.45, 2.75) is 38.9 Å². The van der Waals surface area contributed by atoms with E-state index in [0.29, 0.717) is 6.54 Å². The third-order valence-electron chi connectivity index (χ3n) is 2.99. The monoisotopic (exact) mass is 208 g/mol. The first kappa shape index (κ1) is 11.3. The minimum atomic E-state index is -4.16. The second-order valence-electron chi connectivity index (χ2n) is 4.27. The summed E-state index contributed by atoms with van der Waals surface area (Å²) in [7, 11) is 0. The van der Waals surface area contributed by atoms with Gasteiger partial charge in [-0.2, -0.15) is 13.2 Å². The molecule has 0 bridgehead atoms. The maximum absolute atomic E-state index is 12.6. The summed E-state index contributed by atoms with van der Waals surface area (Å²) in [5, 5.41) is 7.40. The van der Waals surface area contributed by atoms with Crippen LogP contribution < -0.4 is 0 Å². The Morgan fingerprint density at radius 3 is 2.14 bits per heavy atom. The second kappa shape index (κ2) is 3.14. The molecule has 1 saturated heterocycles. The Balaban J connectivity index is 2.92. The quantitative estimate of drug-likeness (QED) is 0.481. The smallest absolute Gasteiger partial charge is 0.355 e. The number of halogens is 3. The van der Waals surface area contributed by atoms with E-state index in [1.807, 2.05) is 0 Å². The highest BCUT2D eigenvalue weighted by Crippen LogP contribution is 2.44. The molecule has 0 radical (unpaired) electrons. The van der Waals surface area contributed by atoms with E-state index in [1.54, 1.807) is 13.8 Å². The molecule has 0 amide bonds. The molecular weight excluding hydrogens is 193 g/mol. The fourth-order valence-electron chi connectivity index (χ4n) is 2.25. The van der Waals surface area contributed by atoms with Gasteiger partial charge in [-0.15, -0.1) is 0 Å². The second-order valence-corrected chi connectivity index (χ2v) is 4.27. The van der Waals surface area contributed by atoms with Crippen molar-refractivity contribution in [1.29, 1.82) is 5.41 Å². The average Bonchev–Trinajstić information content (AvgIpc) is 2.22. The lowest BCUT2D eigenvalue weighted by Crippen LogP contribution is -2.48. The maximum Gasteiger partial charge on any atom is 0.394 e. The minimum absolute atomic E-state index is 0.0900. The molecular formula is C9H15F3N2. The standard InChI is InChI=1S/C9H15F3N2/c1-6(13)14-5-4-7(8(14,2)3)9(10,11)12/h7,13H,4-5H2,1-3H3. The molecule has 1 atom stereocenters. The first-order valence-electron chi connectivity index (χ1n) is 4.57. The summed E-state index contributed by atoms with van der Waals surface area (Å²) in [6.07, 6.45) is -4.07. The Labute approximate surface area is 81.6 Å². The zero-order chi connectivity index (χ0) is 11.1. The van der Waals surface area contributed by atoms with E-state index in [0.717, 1.165) is 0 Å². The van der Waals surface area contributed by atoms with E-state index < -0.39 is 17.6 Å². The zero-order valence-corrected chi connectivity index (χ0v) is 8.57. The predicted molar refractivity (Wildman–Crippen MR) is 48.3 cm³/mol.